The van der Waals surface area contributed by atoms with Crippen molar-refractivity contribution < 1.29 is 9.59 Å². The van der Waals surface area contributed by atoms with Crippen LogP contribution in [0.2, 0.25) is 0 Å². The lowest BCUT2D eigenvalue weighted by Crippen LogP contribution is -2.37. The average molecular weight is 326 g/mol. The van der Waals surface area contributed by atoms with Crippen LogP contribution < -0.4 is 16.4 Å². The van der Waals surface area contributed by atoms with Gasteiger partial charge in [0, 0.05) is 31.1 Å². The van der Waals surface area contributed by atoms with E-state index >= 15 is 0 Å². The maximum absolute atomic E-state index is 12.1. The summed E-state index contributed by atoms with van der Waals surface area (Å²) in [5.74, 6) is 0.0492. The third-order valence-corrected chi connectivity index (χ3v) is 3.83. The van der Waals surface area contributed by atoms with Gasteiger partial charge in [0.25, 0.3) is 0 Å². The van der Waals surface area contributed by atoms with Crippen LogP contribution in [0.5, 0.6) is 0 Å². The van der Waals surface area contributed by atoms with E-state index < -0.39 is 0 Å². The second-order valence-electron chi connectivity index (χ2n) is 5.72. The number of hydrogen-bond acceptors (Lipinski definition) is 3. The molecule has 1 saturated carbocycles. The number of nitrogens with two attached hydrogens (primary N) is 1. The number of carbonyl (C=O) groups excluding carboxylic acids is 2. The minimum Gasteiger partial charge on any atom is -0.352 e. The Labute approximate surface area is 137 Å². The zero-order valence-electron chi connectivity index (χ0n) is 12.8. The number of benzene rings is 1. The number of hydrogen-bond donors (Lipinski definition) is 3. The van der Waals surface area contributed by atoms with Crippen LogP contribution in [0.3, 0.4) is 0 Å². The Morgan fingerprint density at radius 2 is 1.91 bits per heavy atom. The Morgan fingerprint density at radius 1 is 1.23 bits per heavy atom. The molecule has 0 heterocycles. The third-order valence-electron chi connectivity index (χ3n) is 3.83. The molecular weight excluding hydrogens is 302 g/mol. The fourth-order valence-corrected chi connectivity index (χ4v) is 2.71. The first-order chi connectivity index (χ1) is 10.0. The highest BCUT2D eigenvalue weighted by Crippen LogP contribution is 2.23. The third kappa shape index (κ3) is 5.66. The van der Waals surface area contributed by atoms with Crippen molar-refractivity contribution in [3.05, 3.63) is 29.8 Å². The average Bonchev–Trinajstić information content (AvgIpc) is 2.45. The molecule has 2 rings (SSSR count). The van der Waals surface area contributed by atoms with Crippen LogP contribution in [0.4, 0.5) is 5.69 Å². The summed E-state index contributed by atoms with van der Waals surface area (Å²) in [6, 6.07) is 7.63. The number of rotatable bonds is 4. The summed E-state index contributed by atoms with van der Waals surface area (Å²) in [6.45, 7) is 1.98. The number of nitrogens with one attached hydrogen (secondary N) is 2. The smallest absolute Gasteiger partial charge is 0.223 e. The van der Waals surface area contributed by atoms with Gasteiger partial charge in [-0.25, -0.2) is 0 Å². The Bertz CT molecular complexity index is 505. The summed E-state index contributed by atoms with van der Waals surface area (Å²) in [5, 5.41) is 5.68. The van der Waals surface area contributed by atoms with E-state index in [2.05, 4.69) is 10.6 Å². The first-order valence-corrected chi connectivity index (χ1v) is 7.44. The lowest BCUT2D eigenvalue weighted by atomic mass is 9.85. The quantitative estimate of drug-likeness (QED) is 0.793. The standard InChI is InChI=1S/C16H23N3O2.ClH/c1-11(20)19-15-7-5-12(6-8-15)10-18-16(21)13-3-2-4-14(17)9-13;/h5-8,13-14H,2-4,9-10,17H2,1H3,(H,18,21)(H,19,20);1H. The molecular formula is C16H24ClN3O2. The lowest BCUT2D eigenvalue weighted by Gasteiger charge is -2.25. The molecule has 0 aliphatic heterocycles. The summed E-state index contributed by atoms with van der Waals surface area (Å²) < 4.78 is 0. The maximum atomic E-state index is 12.1. The van der Waals surface area contributed by atoms with Crippen molar-refractivity contribution in [3.63, 3.8) is 0 Å². The van der Waals surface area contributed by atoms with Crippen molar-refractivity contribution >= 4 is 29.9 Å². The van der Waals surface area contributed by atoms with E-state index in [0.717, 1.165) is 36.9 Å². The molecule has 0 bridgehead atoms. The fourth-order valence-electron chi connectivity index (χ4n) is 2.71. The van der Waals surface area contributed by atoms with Gasteiger partial charge in [-0.05, 0) is 37.0 Å². The summed E-state index contributed by atoms with van der Waals surface area (Å²) in [5.41, 5.74) is 7.68. The molecule has 0 aromatic heterocycles. The SMILES string of the molecule is CC(=O)Nc1ccc(CNC(=O)C2CCCC(N)C2)cc1.Cl. The van der Waals surface area contributed by atoms with Gasteiger partial charge in [-0.1, -0.05) is 18.6 Å². The minimum atomic E-state index is -0.0929. The molecule has 2 unspecified atom stereocenters. The lowest BCUT2D eigenvalue weighted by molar-refractivity contribution is -0.126. The zero-order valence-corrected chi connectivity index (χ0v) is 13.6. The molecule has 1 aliphatic rings. The highest BCUT2D eigenvalue weighted by atomic mass is 35.5. The first kappa shape index (κ1) is 18.5. The van der Waals surface area contributed by atoms with Crippen molar-refractivity contribution in [2.45, 2.75) is 45.2 Å². The van der Waals surface area contributed by atoms with E-state index in [1.165, 1.54) is 6.92 Å². The molecule has 0 saturated heterocycles. The molecule has 4 N–H and O–H groups in total. The monoisotopic (exact) mass is 325 g/mol. The number of halogens is 1. The summed E-state index contributed by atoms with van der Waals surface area (Å²) in [4.78, 5) is 23.0. The molecule has 2 amide bonds. The van der Waals surface area contributed by atoms with Crippen molar-refractivity contribution in [2.75, 3.05) is 5.32 Å². The molecule has 122 valence electrons. The van der Waals surface area contributed by atoms with Gasteiger partial charge in [-0.3, -0.25) is 9.59 Å². The van der Waals surface area contributed by atoms with E-state index in [1.807, 2.05) is 24.3 Å². The first-order valence-electron chi connectivity index (χ1n) is 7.44. The zero-order chi connectivity index (χ0) is 15.2. The van der Waals surface area contributed by atoms with Crippen molar-refractivity contribution in [3.8, 4) is 0 Å². The van der Waals surface area contributed by atoms with Crippen molar-refractivity contribution in [1.82, 2.24) is 5.32 Å². The predicted octanol–water partition coefficient (Wildman–Crippen LogP) is 2.20. The molecule has 5 nitrogen and oxygen atoms in total. The minimum absolute atomic E-state index is 0. The fraction of sp³-hybridized carbons (Fsp3) is 0.500. The van der Waals surface area contributed by atoms with Crippen molar-refractivity contribution in [1.29, 1.82) is 0 Å². The van der Waals surface area contributed by atoms with E-state index in [4.69, 9.17) is 5.73 Å². The molecule has 1 aromatic carbocycles. The van der Waals surface area contributed by atoms with Gasteiger partial charge >= 0.3 is 0 Å². The normalized spacial score (nSPS) is 20.6. The number of carbonyl (C=O) groups is 2. The van der Waals surface area contributed by atoms with Gasteiger partial charge in [0.2, 0.25) is 11.8 Å². The topological polar surface area (TPSA) is 84.2 Å². The largest absolute Gasteiger partial charge is 0.352 e. The van der Waals surface area contributed by atoms with Crippen LogP contribution in [-0.4, -0.2) is 17.9 Å². The highest BCUT2D eigenvalue weighted by molar-refractivity contribution is 5.88. The van der Waals surface area contributed by atoms with Crippen LogP contribution in [0.25, 0.3) is 0 Å². The van der Waals surface area contributed by atoms with Gasteiger partial charge in [-0.2, -0.15) is 0 Å². The van der Waals surface area contributed by atoms with Gasteiger partial charge in [0.1, 0.15) is 0 Å². The molecule has 0 spiro atoms. The Hall–Kier alpha value is -1.59. The second-order valence-corrected chi connectivity index (χ2v) is 5.72. The van der Waals surface area contributed by atoms with E-state index in [1.54, 1.807) is 0 Å². The van der Waals surface area contributed by atoms with Crippen LogP contribution in [0.15, 0.2) is 24.3 Å². The summed E-state index contributed by atoms with van der Waals surface area (Å²) in [7, 11) is 0. The summed E-state index contributed by atoms with van der Waals surface area (Å²) >= 11 is 0. The highest BCUT2D eigenvalue weighted by Gasteiger charge is 2.24. The van der Waals surface area contributed by atoms with E-state index in [0.29, 0.717) is 6.54 Å². The van der Waals surface area contributed by atoms with Crippen molar-refractivity contribution in [2.24, 2.45) is 11.7 Å². The van der Waals surface area contributed by atoms with Crippen LogP contribution in [0, 0.1) is 5.92 Å². The molecule has 22 heavy (non-hydrogen) atoms. The van der Waals surface area contributed by atoms with E-state index in [9.17, 15) is 9.59 Å². The van der Waals surface area contributed by atoms with Gasteiger partial charge < -0.3 is 16.4 Å². The molecule has 1 aromatic rings. The molecule has 6 heteroatoms. The van der Waals surface area contributed by atoms with Crippen LogP contribution in [0.1, 0.15) is 38.2 Å². The Kier molecular flexibility index (Phi) is 7.35. The molecule has 2 atom stereocenters. The van der Waals surface area contributed by atoms with Gasteiger partial charge in [-0.15, -0.1) is 12.4 Å². The molecule has 1 aliphatic carbocycles. The Balaban J connectivity index is 0.00000242. The molecule has 1 fully saturated rings. The Morgan fingerprint density at radius 3 is 2.50 bits per heavy atom. The summed E-state index contributed by atoms with van der Waals surface area (Å²) in [6.07, 6.45) is 3.77. The van der Waals surface area contributed by atoms with E-state index in [-0.39, 0.29) is 36.2 Å². The number of anilines is 1. The number of amides is 2. The van der Waals surface area contributed by atoms with Gasteiger partial charge in [0.05, 0.1) is 0 Å². The molecule has 0 radical (unpaired) electrons. The van der Waals surface area contributed by atoms with Crippen LogP contribution in [-0.2, 0) is 16.1 Å². The van der Waals surface area contributed by atoms with Crippen LogP contribution >= 0.6 is 12.4 Å². The predicted molar refractivity (Wildman–Crippen MR) is 89.8 cm³/mol. The maximum Gasteiger partial charge on any atom is 0.223 e. The van der Waals surface area contributed by atoms with Gasteiger partial charge in [0.15, 0.2) is 0 Å². The second kappa shape index (κ2) is 8.76.